The molecule has 0 aromatic carbocycles. The summed E-state index contributed by atoms with van der Waals surface area (Å²) < 4.78 is 0.378. The molecule has 0 aliphatic heterocycles. The molecule has 0 saturated heterocycles. The quantitative estimate of drug-likeness (QED) is 0.341. The lowest BCUT2D eigenvalue weighted by Crippen LogP contribution is -2.49. The number of carbonyl (C=O) groups excluding carboxylic acids is 2. The minimum atomic E-state index is -0.120. The molecule has 1 fully saturated rings. The number of alkyl halides is 1. The Kier molecular flexibility index (Phi) is 4.64. The molecular weight excluding hydrogens is 331 g/mol. The Bertz CT molecular complexity index is 384. The standard InChI is InChI=1S/C12H17IN2O2/c1-11(2)4-9(15-8-17)5-12(3,10(11)13)6-14-7-16/h9-10H,4-6H2,1-3H3. The summed E-state index contributed by atoms with van der Waals surface area (Å²) >= 11 is 2.43. The third-order valence-corrected chi connectivity index (χ3v) is 6.69. The predicted molar refractivity (Wildman–Crippen MR) is 73.8 cm³/mol. The van der Waals surface area contributed by atoms with Gasteiger partial charge in [0.1, 0.15) is 0 Å². The molecule has 0 N–H and O–H groups in total. The van der Waals surface area contributed by atoms with Crippen LogP contribution in [0.2, 0.25) is 0 Å². The summed E-state index contributed by atoms with van der Waals surface area (Å²) in [4.78, 5) is 28.3. The van der Waals surface area contributed by atoms with E-state index < -0.39 is 0 Å². The van der Waals surface area contributed by atoms with E-state index in [0.717, 1.165) is 12.8 Å². The van der Waals surface area contributed by atoms with Crippen LogP contribution in [-0.2, 0) is 9.59 Å². The highest BCUT2D eigenvalue weighted by Crippen LogP contribution is 2.51. The van der Waals surface area contributed by atoms with E-state index in [1.165, 1.54) is 0 Å². The Balaban J connectivity index is 3.01. The summed E-state index contributed by atoms with van der Waals surface area (Å²) in [6.07, 6.45) is 4.89. The molecule has 0 amide bonds. The predicted octanol–water partition coefficient (Wildman–Crippen LogP) is 2.66. The second-order valence-electron chi connectivity index (χ2n) is 5.70. The lowest BCUT2D eigenvalue weighted by atomic mass is 9.62. The molecule has 0 aromatic rings. The first-order chi connectivity index (χ1) is 7.85. The molecular formula is C12H17IN2O2. The molecule has 3 atom stereocenters. The van der Waals surface area contributed by atoms with Gasteiger partial charge in [-0.25, -0.2) is 19.6 Å². The summed E-state index contributed by atoms with van der Waals surface area (Å²) in [5.41, 5.74) is -0.0539. The van der Waals surface area contributed by atoms with Crippen molar-refractivity contribution in [2.45, 2.75) is 43.6 Å². The third kappa shape index (κ3) is 3.24. The zero-order valence-electron chi connectivity index (χ0n) is 10.4. The number of halogens is 1. The highest BCUT2D eigenvalue weighted by atomic mass is 127. The van der Waals surface area contributed by atoms with Crippen LogP contribution in [0.4, 0.5) is 0 Å². The maximum absolute atomic E-state index is 10.4. The first-order valence-electron chi connectivity index (χ1n) is 5.60. The molecule has 5 heteroatoms. The van der Waals surface area contributed by atoms with Crippen molar-refractivity contribution in [2.24, 2.45) is 20.8 Å². The molecule has 0 radical (unpaired) electrons. The molecule has 1 saturated carbocycles. The van der Waals surface area contributed by atoms with Gasteiger partial charge in [-0.2, -0.15) is 0 Å². The van der Waals surface area contributed by atoms with Gasteiger partial charge >= 0.3 is 0 Å². The Hall–Kier alpha value is -0.510. The minimum absolute atomic E-state index is 0.0135. The lowest BCUT2D eigenvalue weighted by molar-refractivity contribution is 0.113. The monoisotopic (exact) mass is 348 g/mol. The van der Waals surface area contributed by atoms with Gasteiger partial charge in [-0.05, 0) is 18.3 Å². The van der Waals surface area contributed by atoms with E-state index in [0.29, 0.717) is 10.5 Å². The van der Waals surface area contributed by atoms with Gasteiger partial charge in [0.2, 0.25) is 12.2 Å². The fourth-order valence-electron chi connectivity index (χ4n) is 2.89. The van der Waals surface area contributed by atoms with Crippen LogP contribution >= 0.6 is 22.6 Å². The van der Waals surface area contributed by atoms with Crippen molar-refractivity contribution in [3.8, 4) is 0 Å². The summed E-state index contributed by atoms with van der Waals surface area (Å²) in [7, 11) is 0. The number of hydrogen-bond donors (Lipinski definition) is 0. The van der Waals surface area contributed by atoms with Crippen molar-refractivity contribution in [3.63, 3.8) is 0 Å². The van der Waals surface area contributed by atoms with Gasteiger partial charge in [0.15, 0.2) is 0 Å². The zero-order valence-corrected chi connectivity index (χ0v) is 12.5. The summed E-state index contributed by atoms with van der Waals surface area (Å²) in [5, 5.41) is 0. The second kappa shape index (κ2) is 5.42. The Morgan fingerprint density at radius 1 is 1.24 bits per heavy atom. The highest BCUT2D eigenvalue weighted by Gasteiger charge is 2.48. The molecule has 0 bridgehead atoms. The number of hydrogen-bond acceptors (Lipinski definition) is 4. The first-order valence-corrected chi connectivity index (χ1v) is 6.85. The zero-order chi connectivity index (χ0) is 13.1. The van der Waals surface area contributed by atoms with E-state index in [2.05, 4.69) is 53.3 Å². The van der Waals surface area contributed by atoms with E-state index >= 15 is 0 Å². The molecule has 1 rings (SSSR count). The van der Waals surface area contributed by atoms with Gasteiger partial charge in [0.05, 0.1) is 12.6 Å². The minimum Gasteiger partial charge on any atom is -0.211 e. The van der Waals surface area contributed by atoms with Crippen molar-refractivity contribution in [3.05, 3.63) is 0 Å². The van der Waals surface area contributed by atoms with Gasteiger partial charge in [0.25, 0.3) is 0 Å². The number of nitrogens with zero attached hydrogens (tertiary/aromatic N) is 2. The number of aliphatic imine (C=N–C) groups is 2. The average Bonchev–Trinajstić information content (AvgIpc) is 2.23. The van der Waals surface area contributed by atoms with Crippen LogP contribution in [-0.4, -0.2) is 28.7 Å². The maximum Gasteiger partial charge on any atom is 0.235 e. The smallest absolute Gasteiger partial charge is 0.211 e. The molecule has 3 unspecified atom stereocenters. The van der Waals surface area contributed by atoms with Crippen LogP contribution in [0.15, 0.2) is 9.98 Å². The maximum atomic E-state index is 10.4. The highest BCUT2D eigenvalue weighted by molar-refractivity contribution is 14.1. The van der Waals surface area contributed by atoms with Gasteiger partial charge in [-0.3, -0.25) is 0 Å². The van der Waals surface area contributed by atoms with Crippen LogP contribution in [0.1, 0.15) is 33.6 Å². The van der Waals surface area contributed by atoms with Crippen LogP contribution in [0.5, 0.6) is 0 Å². The lowest BCUT2D eigenvalue weighted by Gasteiger charge is -2.49. The van der Waals surface area contributed by atoms with E-state index in [9.17, 15) is 9.59 Å². The van der Waals surface area contributed by atoms with Crippen molar-refractivity contribution in [2.75, 3.05) is 6.54 Å². The number of isocyanates is 2. The van der Waals surface area contributed by atoms with Crippen molar-refractivity contribution >= 4 is 34.8 Å². The van der Waals surface area contributed by atoms with Crippen LogP contribution < -0.4 is 0 Å². The van der Waals surface area contributed by atoms with E-state index in [4.69, 9.17) is 0 Å². The fourth-order valence-corrected chi connectivity index (χ4v) is 3.60. The first kappa shape index (κ1) is 14.6. The van der Waals surface area contributed by atoms with E-state index in [1.807, 2.05) is 0 Å². The molecule has 94 valence electrons. The van der Waals surface area contributed by atoms with Crippen LogP contribution in [0, 0.1) is 10.8 Å². The summed E-state index contributed by atoms with van der Waals surface area (Å²) in [6, 6.07) is -0.0135. The fraction of sp³-hybridized carbons (Fsp3) is 0.833. The molecule has 1 aliphatic rings. The van der Waals surface area contributed by atoms with Crippen molar-refractivity contribution in [1.82, 2.24) is 0 Å². The second-order valence-corrected chi connectivity index (χ2v) is 6.94. The molecule has 0 spiro atoms. The SMILES string of the molecule is CC1(C)CC(N=C=O)CC(C)(CN=C=O)C1I. The van der Waals surface area contributed by atoms with Crippen molar-refractivity contribution in [1.29, 1.82) is 0 Å². The normalized spacial score (nSPS) is 35.5. The van der Waals surface area contributed by atoms with Crippen molar-refractivity contribution < 1.29 is 9.59 Å². The molecule has 1 aliphatic carbocycles. The summed E-state index contributed by atoms with van der Waals surface area (Å²) in [5.74, 6) is 0. The number of rotatable bonds is 3. The van der Waals surface area contributed by atoms with Gasteiger partial charge in [0, 0.05) is 9.34 Å². The van der Waals surface area contributed by atoms with Crippen LogP contribution in [0.3, 0.4) is 0 Å². The topological polar surface area (TPSA) is 58.9 Å². The molecule has 0 aromatic heterocycles. The Morgan fingerprint density at radius 2 is 1.88 bits per heavy atom. The molecule has 17 heavy (non-hydrogen) atoms. The molecule has 0 heterocycles. The Labute approximate surface area is 115 Å². The van der Waals surface area contributed by atoms with Crippen LogP contribution in [0.25, 0.3) is 0 Å². The van der Waals surface area contributed by atoms with Gasteiger partial charge in [-0.1, -0.05) is 43.4 Å². The molecule has 4 nitrogen and oxygen atoms in total. The van der Waals surface area contributed by atoms with E-state index in [1.54, 1.807) is 12.2 Å². The Morgan fingerprint density at radius 3 is 2.41 bits per heavy atom. The van der Waals surface area contributed by atoms with Gasteiger partial charge in [-0.15, -0.1) is 0 Å². The average molecular weight is 348 g/mol. The summed E-state index contributed by atoms with van der Waals surface area (Å²) in [6.45, 7) is 6.87. The third-order valence-electron chi connectivity index (χ3n) is 3.50. The largest absolute Gasteiger partial charge is 0.235 e. The van der Waals surface area contributed by atoms with E-state index in [-0.39, 0.29) is 16.9 Å². The van der Waals surface area contributed by atoms with Gasteiger partial charge < -0.3 is 0 Å².